The topological polar surface area (TPSA) is 79.3 Å². The highest BCUT2D eigenvalue weighted by Gasteiger charge is 2.19. The number of carboxylic acids is 1. The molecule has 122 valence electrons. The maximum absolute atomic E-state index is 12.2. The van der Waals surface area contributed by atoms with Crippen LogP contribution in [0.4, 0.5) is 0 Å². The molecule has 0 saturated heterocycles. The number of benzene rings is 1. The molecule has 2 N–H and O–H groups in total. The Balaban J connectivity index is 2.01. The standard InChI is InChI=1S/C17H20N2O3S/c1-4-12-6-5-7-13(8-12)9-14(20)18-11(3)16-19-10(2)15(23-16)17(21)22/h5-8,11H,4,9H2,1-3H3,(H,18,20)(H,21,22). The zero-order valence-electron chi connectivity index (χ0n) is 13.4. The molecule has 0 spiro atoms. The Bertz CT molecular complexity index is 724. The highest BCUT2D eigenvalue weighted by molar-refractivity contribution is 7.13. The Morgan fingerprint density at radius 2 is 2.04 bits per heavy atom. The third-order valence-electron chi connectivity index (χ3n) is 3.52. The normalized spacial score (nSPS) is 12.0. The van der Waals surface area contributed by atoms with Gasteiger partial charge in [0.25, 0.3) is 0 Å². The van der Waals surface area contributed by atoms with Gasteiger partial charge in [-0.2, -0.15) is 0 Å². The van der Waals surface area contributed by atoms with E-state index in [2.05, 4.69) is 17.2 Å². The summed E-state index contributed by atoms with van der Waals surface area (Å²) in [6.07, 6.45) is 1.23. The second-order valence-electron chi connectivity index (χ2n) is 5.41. The highest BCUT2D eigenvalue weighted by Crippen LogP contribution is 2.23. The average Bonchev–Trinajstić information content (AvgIpc) is 2.89. The fourth-order valence-electron chi connectivity index (χ4n) is 2.30. The number of aryl methyl sites for hydroxylation is 2. The summed E-state index contributed by atoms with van der Waals surface area (Å²) >= 11 is 1.10. The summed E-state index contributed by atoms with van der Waals surface area (Å²) in [5, 5.41) is 12.6. The van der Waals surface area contributed by atoms with Gasteiger partial charge >= 0.3 is 5.97 Å². The Morgan fingerprint density at radius 1 is 1.35 bits per heavy atom. The maximum atomic E-state index is 12.2. The fraction of sp³-hybridized carbons (Fsp3) is 0.353. The molecule has 2 rings (SSSR count). The molecule has 1 unspecified atom stereocenters. The van der Waals surface area contributed by atoms with Crippen molar-refractivity contribution < 1.29 is 14.7 Å². The van der Waals surface area contributed by atoms with E-state index in [1.165, 1.54) is 5.56 Å². The molecule has 0 saturated carbocycles. The number of nitrogens with one attached hydrogen (secondary N) is 1. The van der Waals surface area contributed by atoms with E-state index in [9.17, 15) is 9.59 Å². The summed E-state index contributed by atoms with van der Waals surface area (Å²) in [6, 6.07) is 7.64. The van der Waals surface area contributed by atoms with Gasteiger partial charge in [-0.1, -0.05) is 31.2 Å². The first-order valence-electron chi connectivity index (χ1n) is 7.48. The van der Waals surface area contributed by atoms with Crippen molar-refractivity contribution >= 4 is 23.2 Å². The van der Waals surface area contributed by atoms with Gasteiger partial charge in [0.15, 0.2) is 0 Å². The van der Waals surface area contributed by atoms with Gasteiger partial charge in [0.05, 0.1) is 18.2 Å². The average molecular weight is 332 g/mol. The van der Waals surface area contributed by atoms with Crippen molar-refractivity contribution in [2.24, 2.45) is 0 Å². The van der Waals surface area contributed by atoms with Gasteiger partial charge in [0.1, 0.15) is 9.88 Å². The van der Waals surface area contributed by atoms with Crippen molar-refractivity contribution in [1.82, 2.24) is 10.3 Å². The number of carbonyl (C=O) groups excluding carboxylic acids is 1. The lowest BCUT2D eigenvalue weighted by Gasteiger charge is -2.11. The minimum Gasteiger partial charge on any atom is -0.477 e. The summed E-state index contributed by atoms with van der Waals surface area (Å²) in [5.74, 6) is -1.09. The molecule has 0 fully saturated rings. The minimum absolute atomic E-state index is 0.101. The Kier molecular flexibility index (Phi) is 5.50. The fourth-order valence-corrected chi connectivity index (χ4v) is 3.21. The van der Waals surface area contributed by atoms with Crippen LogP contribution in [0, 0.1) is 6.92 Å². The first kappa shape index (κ1) is 17.1. The smallest absolute Gasteiger partial charge is 0.347 e. The van der Waals surface area contributed by atoms with E-state index in [0.717, 1.165) is 23.3 Å². The van der Waals surface area contributed by atoms with Crippen molar-refractivity contribution in [2.45, 2.75) is 39.7 Å². The Labute approximate surface area is 139 Å². The summed E-state index contributed by atoms with van der Waals surface area (Å²) in [5.41, 5.74) is 2.65. The Hall–Kier alpha value is -2.21. The third kappa shape index (κ3) is 4.39. The lowest BCUT2D eigenvalue weighted by Crippen LogP contribution is -2.28. The van der Waals surface area contributed by atoms with Gasteiger partial charge in [0.2, 0.25) is 5.91 Å². The highest BCUT2D eigenvalue weighted by atomic mass is 32.1. The molecular formula is C17H20N2O3S. The summed E-state index contributed by atoms with van der Waals surface area (Å²) in [4.78, 5) is 27.7. The van der Waals surface area contributed by atoms with E-state index in [0.29, 0.717) is 17.1 Å². The van der Waals surface area contributed by atoms with E-state index in [1.54, 1.807) is 6.92 Å². The van der Waals surface area contributed by atoms with Crippen LogP contribution >= 0.6 is 11.3 Å². The predicted molar refractivity (Wildman–Crippen MR) is 89.9 cm³/mol. The van der Waals surface area contributed by atoms with Gasteiger partial charge in [-0.05, 0) is 31.4 Å². The molecule has 1 amide bonds. The molecule has 0 aliphatic heterocycles. The number of rotatable bonds is 6. The summed E-state index contributed by atoms with van der Waals surface area (Å²) in [6.45, 7) is 5.55. The number of nitrogens with zero attached hydrogens (tertiary/aromatic N) is 1. The first-order chi connectivity index (χ1) is 10.9. The molecule has 0 aliphatic rings. The number of amides is 1. The van der Waals surface area contributed by atoms with E-state index in [4.69, 9.17) is 5.11 Å². The zero-order valence-corrected chi connectivity index (χ0v) is 14.2. The van der Waals surface area contributed by atoms with Crippen molar-refractivity contribution in [2.75, 3.05) is 0 Å². The molecule has 1 atom stereocenters. The number of carboxylic acid groups (broad SMARTS) is 1. The first-order valence-corrected chi connectivity index (χ1v) is 8.30. The van der Waals surface area contributed by atoms with E-state index in [1.807, 2.05) is 31.2 Å². The molecular weight excluding hydrogens is 312 g/mol. The lowest BCUT2D eigenvalue weighted by molar-refractivity contribution is -0.121. The lowest BCUT2D eigenvalue weighted by atomic mass is 10.1. The number of thiazole rings is 1. The van der Waals surface area contributed by atoms with Gasteiger partial charge in [-0.3, -0.25) is 4.79 Å². The van der Waals surface area contributed by atoms with Crippen LogP contribution in [0.2, 0.25) is 0 Å². The van der Waals surface area contributed by atoms with Gasteiger partial charge in [0, 0.05) is 0 Å². The van der Waals surface area contributed by atoms with Crippen molar-refractivity contribution in [3.8, 4) is 0 Å². The molecule has 0 bridgehead atoms. The largest absolute Gasteiger partial charge is 0.477 e. The van der Waals surface area contributed by atoms with Crippen molar-refractivity contribution in [1.29, 1.82) is 0 Å². The molecule has 6 heteroatoms. The minimum atomic E-state index is -0.985. The predicted octanol–water partition coefficient (Wildman–Crippen LogP) is 3.13. The molecule has 1 heterocycles. The van der Waals surface area contributed by atoms with Crippen LogP contribution in [0.1, 0.15) is 51.4 Å². The van der Waals surface area contributed by atoms with Crippen LogP contribution in [-0.4, -0.2) is 22.0 Å². The summed E-state index contributed by atoms with van der Waals surface area (Å²) in [7, 11) is 0. The number of hydrogen-bond acceptors (Lipinski definition) is 4. The van der Waals surface area contributed by atoms with Crippen LogP contribution in [0.5, 0.6) is 0 Å². The molecule has 0 aliphatic carbocycles. The van der Waals surface area contributed by atoms with Gasteiger partial charge < -0.3 is 10.4 Å². The summed E-state index contributed by atoms with van der Waals surface area (Å²) < 4.78 is 0. The van der Waals surface area contributed by atoms with Crippen LogP contribution in [0.15, 0.2) is 24.3 Å². The van der Waals surface area contributed by atoms with Crippen molar-refractivity contribution in [3.05, 3.63) is 51.0 Å². The molecule has 23 heavy (non-hydrogen) atoms. The number of aromatic nitrogens is 1. The SMILES string of the molecule is CCc1cccc(CC(=O)NC(C)c2nc(C)c(C(=O)O)s2)c1. The number of carbonyl (C=O) groups is 2. The Morgan fingerprint density at radius 3 is 2.65 bits per heavy atom. The van der Waals surface area contributed by atoms with E-state index in [-0.39, 0.29) is 16.8 Å². The molecule has 1 aromatic carbocycles. The van der Waals surface area contributed by atoms with Crippen LogP contribution in [-0.2, 0) is 17.6 Å². The molecule has 1 aromatic heterocycles. The monoisotopic (exact) mass is 332 g/mol. The van der Waals surface area contributed by atoms with Crippen LogP contribution in [0.3, 0.4) is 0 Å². The molecule has 2 aromatic rings. The second kappa shape index (κ2) is 7.37. The molecule has 0 radical (unpaired) electrons. The van der Waals surface area contributed by atoms with Crippen molar-refractivity contribution in [3.63, 3.8) is 0 Å². The second-order valence-corrected chi connectivity index (χ2v) is 6.44. The zero-order chi connectivity index (χ0) is 17.0. The van der Waals surface area contributed by atoms with Gasteiger partial charge in [-0.25, -0.2) is 9.78 Å². The van der Waals surface area contributed by atoms with Crippen LogP contribution in [0.25, 0.3) is 0 Å². The molecule has 5 nitrogen and oxygen atoms in total. The number of hydrogen-bond donors (Lipinski definition) is 2. The quantitative estimate of drug-likeness (QED) is 0.852. The third-order valence-corrected chi connectivity index (χ3v) is 4.85. The van der Waals surface area contributed by atoms with Gasteiger partial charge in [-0.15, -0.1) is 11.3 Å². The maximum Gasteiger partial charge on any atom is 0.347 e. The van der Waals surface area contributed by atoms with E-state index >= 15 is 0 Å². The van der Waals surface area contributed by atoms with Crippen LogP contribution < -0.4 is 5.32 Å². The number of aromatic carboxylic acids is 1. The van der Waals surface area contributed by atoms with E-state index < -0.39 is 5.97 Å².